The number of benzene rings is 1. The van der Waals surface area contributed by atoms with Crippen LogP contribution in [0.2, 0.25) is 0 Å². The quantitative estimate of drug-likeness (QED) is 0.243. The van der Waals surface area contributed by atoms with E-state index in [4.69, 9.17) is 12.2 Å². The summed E-state index contributed by atoms with van der Waals surface area (Å²) in [6.07, 6.45) is 3.10. The van der Waals surface area contributed by atoms with Gasteiger partial charge in [0.25, 0.3) is 6.17 Å². The maximum Gasteiger partial charge on any atom is 0.254 e. The van der Waals surface area contributed by atoms with E-state index in [1.54, 1.807) is 23.9 Å². The number of thiocarbonyl (C=S) groups is 1. The summed E-state index contributed by atoms with van der Waals surface area (Å²) < 4.78 is 27.2. The average Bonchev–Trinajstić information content (AvgIpc) is 2.81. The van der Waals surface area contributed by atoms with Gasteiger partial charge in [0, 0.05) is 12.1 Å². The molecule has 0 spiro atoms. The van der Waals surface area contributed by atoms with Crippen molar-refractivity contribution in [3.63, 3.8) is 0 Å². The standard InChI is InChI=1S/C17H25N3O3S3/c1-5-6-11-19-15(17(2,3)25-16(19)24)20(21)12-13-7-9-14(10-8-13)26(22,23)18-4/h7-10,12,15,18H,5-6,11H2,1-4H3/b20-12-/t15-/m1/s1. The Kier molecular flexibility index (Phi) is 6.70. The molecule has 0 unspecified atom stereocenters. The highest BCUT2D eigenvalue weighted by atomic mass is 32.2. The molecule has 1 fully saturated rings. The maximum absolute atomic E-state index is 12.9. The van der Waals surface area contributed by atoms with Crippen molar-refractivity contribution in [1.29, 1.82) is 0 Å². The van der Waals surface area contributed by atoms with Crippen molar-refractivity contribution in [2.45, 2.75) is 49.4 Å². The molecule has 9 heteroatoms. The summed E-state index contributed by atoms with van der Waals surface area (Å²) in [5, 5.41) is 12.9. The number of thioether (sulfide) groups is 1. The van der Waals surface area contributed by atoms with Gasteiger partial charge in [0.15, 0.2) is 6.21 Å². The first-order valence-corrected chi connectivity index (χ1v) is 11.2. The van der Waals surface area contributed by atoms with Crippen molar-refractivity contribution in [3.05, 3.63) is 35.0 Å². The van der Waals surface area contributed by atoms with Gasteiger partial charge in [-0.3, -0.25) is 4.90 Å². The SMILES string of the molecule is CCCCN1C(=S)SC(C)(C)[C@H]1/[N+]([O-])=C/c1ccc(S(=O)(=O)NC)cc1. The molecule has 1 aromatic carbocycles. The Labute approximate surface area is 165 Å². The van der Waals surface area contributed by atoms with E-state index < -0.39 is 16.2 Å². The smallest absolute Gasteiger partial charge is 0.254 e. The summed E-state index contributed by atoms with van der Waals surface area (Å²) in [4.78, 5) is 2.16. The first-order valence-electron chi connectivity index (χ1n) is 8.46. The van der Waals surface area contributed by atoms with Crippen LogP contribution in [-0.4, -0.2) is 53.1 Å². The molecule has 0 radical (unpaired) electrons. The third-order valence-corrected chi connectivity index (χ3v) is 7.29. The molecular weight excluding hydrogens is 390 g/mol. The van der Waals surface area contributed by atoms with Crippen molar-refractivity contribution in [1.82, 2.24) is 9.62 Å². The van der Waals surface area contributed by atoms with Crippen LogP contribution in [0.1, 0.15) is 39.2 Å². The second kappa shape index (κ2) is 8.24. The first kappa shape index (κ1) is 21.1. The second-order valence-corrected chi connectivity index (χ2v) is 10.8. The van der Waals surface area contributed by atoms with Crippen molar-refractivity contribution < 1.29 is 13.2 Å². The lowest BCUT2D eigenvalue weighted by atomic mass is 10.1. The zero-order valence-electron chi connectivity index (χ0n) is 15.4. The lowest BCUT2D eigenvalue weighted by Gasteiger charge is -2.29. The van der Waals surface area contributed by atoms with Gasteiger partial charge in [-0.1, -0.05) is 37.3 Å². The molecule has 26 heavy (non-hydrogen) atoms. The zero-order chi connectivity index (χ0) is 19.5. The Balaban J connectivity index is 2.30. The topological polar surface area (TPSA) is 75.5 Å². The van der Waals surface area contributed by atoms with E-state index in [0.29, 0.717) is 5.56 Å². The Bertz CT molecular complexity index is 789. The monoisotopic (exact) mass is 415 g/mol. The predicted octanol–water partition coefficient (Wildman–Crippen LogP) is 2.76. The molecule has 2 rings (SSSR count). The number of unbranched alkanes of at least 4 members (excludes halogenated alkanes) is 1. The van der Waals surface area contributed by atoms with E-state index in [1.807, 2.05) is 18.7 Å². The molecule has 0 aliphatic carbocycles. The van der Waals surface area contributed by atoms with Crippen LogP contribution in [0.4, 0.5) is 0 Å². The van der Waals surface area contributed by atoms with E-state index in [0.717, 1.165) is 28.4 Å². The molecule has 0 saturated carbocycles. The summed E-state index contributed by atoms with van der Waals surface area (Å²) in [5.74, 6) is 0. The van der Waals surface area contributed by atoms with Crippen LogP contribution < -0.4 is 4.72 Å². The van der Waals surface area contributed by atoms with Gasteiger partial charge in [-0.2, -0.15) is 4.74 Å². The Morgan fingerprint density at radius 3 is 2.54 bits per heavy atom. The predicted molar refractivity (Wildman–Crippen MR) is 111 cm³/mol. The third kappa shape index (κ3) is 4.57. The molecule has 6 nitrogen and oxygen atoms in total. The van der Waals surface area contributed by atoms with Crippen molar-refractivity contribution >= 4 is 44.5 Å². The minimum atomic E-state index is -3.49. The highest BCUT2D eigenvalue weighted by Crippen LogP contribution is 2.41. The van der Waals surface area contributed by atoms with E-state index in [-0.39, 0.29) is 9.64 Å². The summed E-state index contributed by atoms with van der Waals surface area (Å²) >= 11 is 7.02. The highest BCUT2D eigenvalue weighted by molar-refractivity contribution is 8.24. The van der Waals surface area contributed by atoms with E-state index in [1.165, 1.54) is 25.4 Å². The van der Waals surface area contributed by atoms with Crippen molar-refractivity contribution in [3.8, 4) is 0 Å². The minimum absolute atomic E-state index is 0.164. The zero-order valence-corrected chi connectivity index (χ0v) is 17.9. The van der Waals surface area contributed by atoms with Crippen LogP contribution in [0.25, 0.3) is 0 Å². The second-order valence-electron chi connectivity index (χ2n) is 6.66. The van der Waals surface area contributed by atoms with Crippen LogP contribution in [0.3, 0.4) is 0 Å². The molecular formula is C17H25N3O3S3. The normalized spacial score (nSPS) is 20.6. The fraction of sp³-hybridized carbons (Fsp3) is 0.529. The van der Waals surface area contributed by atoms with E-state index in [2.05, 4.69) is 11.6 Å². The molecule has 0 amide bonds. The first-order chi connectivity index (χ1) is 12.1. The van der Waals surface area contributed by atoms with Crippen LogP contribution in [0.15, 0.2) is 29.2 Å². The van der Waals surface area contributed by atoms with Crippen molar-refractivity contribution in [2.24, 2.45) is 0 Å². The van der Waals surface area contributed by atoms with Gasteiger partial charge in [-0.25, -0.2) is 13.1 Å². The third-order valence-electron chi connectivity index (χ3n) is 4.23. The summed E-state index contributed by atoms with van der Waals surface area (Å²) in [6, 6.07) is 6.22. The van der Waals surface area contributed by atoms with Gasteiger partial charge in [0.2, 0.25) is 10.0 Å². The molecule has 1 saturated heterocycles. The molecule has 1 aliphatic rings. The largest absolute Gasteiger partial charge is 0.622 e. The minimum Gasteiger partial charge on any atom is -0.622 e. The molecule has 1 heterocycles. The Hall–Kier alpha value is -1.16. The van der Waals surface area contributed by atoms with Gasteiger partial charge in [-0.15, -0.1) is 0 Å². The van der Waals surface area contributed by atoms with Crippen LogP contribution in [-0.2, 0) is 10.0 Å². The van der Waals surface area contributed by atoms with Crippen molar-refractivity contribution in [2.75, 3.05) is 13.6 Å². The average molecular weight is 416 g/mol. The number of hydrogen-bond acceptors (Lipinski definition) is 5. The number of rotatable bonds is 7. The number of hydrogen-bond donors (Lipinski definition) is 1. The van der Waals surface area contributed by atoms with Crippen LogP contribution in [0.5, 0.6) is 0 Å². The van der Waals surface area contributed by atoms with Crippen LogP contribution >= 0.6 is 24.0 Å². The van der Waals surface area contributed by atoms with Gasteiger partial charge in [0.05, 0.1) is 4.90 Å². The number of hydroxylamine groups is 1. The molecule has 1 aliphatic heterocycles. The molecule has 1 aromatic rings. The number of sulfonamides is 1. The maximum atomic E-state index is 12.9. The van der Waals surface area contributed by atoms with E-state index in [9.17, 15) is 13.6 Å². The van der Waals surface area contributed by atoms with E-state index >= 15 is 0 Å². The summed E-state index contributed by atoms with van der Waals surface area (Å²) in [7, 11) is -2.12. The number of nitrogens with one attached hydrogen (secondary N) is 1. The molecule has 0 aromatic heterocycles. The lowest BCUT2D eigenvalue weighted by molar-refractivity contribution is -0.523. The molecule has 0 bridgehead atoms. The highest BCUT2D eigenvalue weighted by Gasteiger charge is 2.50. The molecule has 1 N–H and O–H groups in total. The van der Waals surface area contributed by atoms with Gasteiger partial charge in [-0.05, 0) is 51.6 Å². The van der Waals surface area contributed by atoms with Crippen LogP contribution in [0, 0.1) is 5.21 Å². The van der Waals surface area contributed by atoms with Gasteiger partial charge >= 0.3 is 0 Å². The Morgan fingerprint density at radius 2 is 2.00 bits per heavy atom. The molecule has 144 valence electrons. The van der Waals surface area contributed by atoms with Gasteiger partial charge in [0.1, 0.15) is 9.07 Å². The summed E-state index contributed by atoms with van der Waals surface area (Å²) in [5.41, 5.74) is 0.643. The summed E-state index contributed by atoms with van der Waals surface area (Å²) in [6.45, 7) is 6.89. The van der Waals surface area contributed by atoms with Gasteiger partial charge < -0.3 is 5.21 Å². The molecule has 1 atom stereocenters. The fourth-order valence-electron chi connectivity index (χ4n) is 2.87. The Morgan fingerprint density at radius 1 is 1.38 bits per heavy atom. The lowest BCUT2D eigenvalue weighted by Crippen LogP contribution is -2.48. The number of nitrogens with zero attached hydrogens (tertiary/aromatic N) is 2. The fourth-order valence-corrected chi connectivity index (χ4v) is 5.53.